The van der Waals surface area contributed by atoms with Gasteiger partial charge in [0.05, 0.1) is 13.2 Å². The number of esters is 1. The molecule has 0 aromatic heterocycles. The second-order valence-electron chi connectivity index (χ2n) is 6.57. The number of carbonyl (C=O) groups is 1. The van der Waals surface area contributed by atoms with E-state index in [1.54, 1.807) is 0 Å². The lowest BCUT2D eigenvalue weighted by molar-refractivity contribution is -0.181. The van der Waals surface area contributed by atoms with Crippen LogP contribution in [0.2, 0.25) is 0 Å². The van der Waals surface area contributed by atoms with E-state index in [4.69, 9.17) is 9.57 Å². The first-order chi connectivity index (χ1) is 11.7. The molecule has 2 aliphatic rings. The average molecular weight is 323 g/mol. The molecule has 4 heteroatoms. The van der Waals surface area contributed by atoms with Crippen LogP contribution in [0, 0.1) is 5.92 Å². The lowest BCUT2D eigenvalue weighted by Gasteiger charge is -2.25. The van der Waals surface area contributed by atoms with Crippen molar-refractivity contribution in [1.29, 1.82) is 0 Å². The number of nitrogens with zero attached hydrogens (tertiary/aromatic N) is 1. The van der Waals surface area contributed by atoms with Gasteiger partial charge in [0, 0.05) is 6.54 Å². The minimum atomic E-state index is -0.387. The summed E-state index contributed by atoms with van der Waals surface area (Å²) in [7, 11) is 1.46. The Bertz CT molecular complexity index is 712. The van der Waals surface area contributed by atoms with Crippen LogP contribution in [0.15, 0.2) is 60.7 Å². The maximum Gasteiger partial charge on any atom is 0.313 e. The summed E-state index contributed by atoms with van der Waals surface area (Å²) in [5, 5.41) is 1.97. The van der Waals surface area contributed by atoms with Crippen LogP contribution in [0.25, 0.3) is 0 Å². The van der Waals surface area contributed by atoms with Crippen LogP contribution < -0.4 is 0 Å². The van der Waals surface area contributed by atoms with E-state index < -0.39 is 0 Å². The van der Waals surface area contributed by atoms with Gasteiger partial charge in [0.25, 0.3) is 0 Å². The Morgan fingerprint density at radius 2 is 1.75 bits per heavy atom. The molecular formula is C20H21NO3. The second-order valence-corrected chi connectivity index (χ2v) is 6.57. The smallest absolute Gasteiger partial charge is 0.313 e. The second kappa shape index (κ2) is 6.04. The van der Waals surface area contributed by atoms with Crippen LogP contribution >= 0.6 is 0 Å². The van der Waals surface area contributed by atoms with Gasteiger partial charge in [-0.3, -0.25) is 9.63 Å². The third kappa shape index (κ3) is 2.62. The molecule has 2 aromatic rings. The number of ether oxygens (including phenoxy) is 1. The molecule has 4 nitrogen and oxygen atoms in total. The first-order valence-corrected chi connectivity index (χ1v) is 8.36. The van der Waals surface area contributed by atoms with Crippen molar-refractivity contribution < 1.29 is 14.4 Å². The highest BCUT2D eigenvalue weighted by Gasteiger charge is 2.65. The first-order valence-electron chi connectivity index (χ1n) is 8.36. The zero-order valence-corrected chi connectivity index (χ0v) is 13.7. The Balaban J connectivity index is 1.71. The maximum atomic E-state index is 12.5. The topological polar surface area (TPSA) is 38.8 Å². The number of hydrogen-bond donors (Lipinski definition) is 0. The molecule has 1 aliphatic carbocycles. The van der Waals surface area contributed by atoms with Gasteiger partial charge in [-0.05, 0) is 24.0 Å². The maximum absolute atomic E-state index is 12.5. The molecule has 0 amide bonds. The van der Waals surface area contributed by atoms with Gasteiger partial charge in [-0.25, -0.2) is 0 Å². The van der Waals surface area contributed by atoms with Crippen LogP contribution in [0.1, 0.15) is 30.0 Å². The molecule has 0 bridgehead atoms. The van der Waals surface area contributed by atoms with Crippen molar-refractivity contribution in [2.45, 2.75) is 31.0 Å². The fourth-order valence-corrected chi connectivity index (χ4v) is 3.70. The Hall–Kier alpha value is -2.17. The van der Waals surface area contributed by atoms with E-state index in [1.165, 1.54) is 12.7 Å². The fourth-order valence-electron chi connectivity index (χ4n) is 3.70. The molecule has 0 radical (unpaired) electrons. The van der Waals surface area contributed by atoms with Crippen molar-refractivity contribution in [3.05, 3.63) is 71.8 Å². The zero-order chi connectivity index (χ0) is 16.6. The molecule has 1 heterocycles. The van der Waals surface area contributed by atoms with Crippen LogP contribution in [0.5, 0.6) is 0 Å². The summed E-state index contributed by atoms with van der Waals surface area (Å²) in [6, 6.07) is 20.2. The molecule has 0 N–H and O–H groups in total. The molecule has 0 unspecified atom stereocenters. The zero-order valence-electron chi connectivity index (χ0n) is 13.7. The van der Waals surface area contributed by atoms with Crippen LogP contribution in [0.4, 0.5) is 0 Å². The minimum absolute atomic E-state index is 0.124. The number of hydrogen-bond acceptors (Lipinski definition) is 4. The molecule has 1 saturated heterocycles. The predicted molar refractivity (Wildman–Crippen MR) is 89.7 cm³/mol. The number of rotatable bonds is 4. The van der Waals surface area contributed by atoms with Gasteiger partial charge in [0.15, 0.2) is 0 Å². The lowest BCUT2D eigenvalue weighted by Crippen LogP contribution is -2.31. The summed E-state index contributed by atoms with van der Waals surface area (Å²) in [5.41, 5.74) is 1.87. The van der Waals surface area contributed by atoms with Crippen molar-refractivity contribution in [3.8, 4) is 0 Å². The Morgan fingerprint density at radius 1 is 1.12 bits per heavy atom. The molecule has 1 aliphatic heterocycles. The monoisotopic (exact) mass is 323 g/mol. The molecule has 2 aromatic carbocycles. The van der Waals surface area contributed by atoms with Crippen molar-refractivity contribution in [3.63, 3.8) is 0 Å². The minimum Gasteiger partial charge on any atom is -0.469 e. The Labute approximate surface area is 141 Å². The standard InChI is InChI=1S/C20H21NO3/c1-23-19(22)17-18(16-10-6-3-7-11-16)21(24-20(17)12-13-20)14-15-8-4-2-5-9-15/h2-11,17-18H,12-14H2,1H3/t17-,18+/m1/s1. The van der Waals surface area contributed by atoms with Gasteiger partial charge in [0.1, 0.15) is 11.5 Å². The number of benzene rings is 2. The van der Waals surface area contributed by atoms with E-state index in [9.17, 15) is 4.79 Å². The molecule has 1 spiro atoms. The van der Waals surface area contributed by atoms with Crippen molar-refractivity contribution >= 4 is 5.97 Å². The highest BCUT2D eigenvalue weighted by molar-refractivity contribution is 5.76. The number of hydroxylamine groups is 2. The van der Waals surface area contributed by atoms with Crippen molar-refractivity contribution in [2.75, 3.05) is 7.11 Å². The van der Waals surface area contributed by atoms with E-state index in [2.05, 4.69) is 24.3 Å². The van der Waals surface area contributed by atoms with E-state index >= 15 is 0 Å². The molecule has 4 rings (SSSR count). The molecule has 2 fully saturated rings. The predicted octanol–water partition coefficient (Wildman–Crippen LogP) is 3.50. The quantitative estimate of drug-likeness (QED) is 0.807. The first kappa shape index (κ1) is 15.4. The van der Waals surface area contributed by atoms with Gasteiger partial charge >= 0.3 is 5.97 Å². The third-order valence-electron chi connectivity index (χ3n) is 5.01. The van der Waals surface area contributed by atoms with Crippen molar-refractivity contribution in [2.24, 2.45) is 5.92 Å². The summed E-state index contributed by atoms with van der Waals surface area (Å²) >= 11 is 0. The van der Waals surface area contributed by atoms with Gasteiger partial charge in [-0.15, -0.1) is 0 Å². The highest BCUT2D eigenvalue weighted by atomic mass is 16.7. The largest absolute Gasteiger partial charge is 0.469 e. The summed E-state index contributed by atoms with van der Waals surface area (Å²) in [4.78, 5) is 18.8. The summed E-state index contributed by atoms with van der Waals surface area (Å²) in [6.07, 6.45) is 1.81. The summed E-state index contributed by atoms with van der Waals surface area (Å²) < 4.78 is 5.11. The molecule has 124 valence electrons. The van der Waals surface area contributed by atoms with Gasteiger partial charge in [-0.2, -0.15) is 5.06 Å². The third-order valence-corrected chi connectivity index (χ3v) is 5.01. The molecule has 24 heavy (non-hydrogen) atoms. The fraction of sp³-hybridized carbons (Fsp3) is 0.350. The van der Waals surface area contributed by atoms with Gasteiger partial charge in [-0.1, -0.05) is 60.7 Å². The van der Waals surface area contributed by atoms with Crippen LogP contribution in [-0.2, 0) is 20.9 Å². The lowest BCUT2D eigenvalue weighted by atomic mass is 9.88. The highest BCUT2D eigenvalue weighted by Crippen LogP contribution is 2.58. The number of carbonyl (C=O) groups excluding carboxylic acids is 1. The molecule has 2 atom stereocenters. The normalized spacial score (nSPS) is 24.9. The van der Waals surface area contributed by atoms with Gasteiger partial charge in [0.2, 0.25) is 0 Å². The van der Waals surface area contributed by atoms with E-state index in [0.717, 1.165) is 18.4 Å². The van der Waals surface area contributed by atoms with Crippen LogP contribution in [-0.4, -0.2) is 23.7 Å². The number of methoxy groups -OCH3 is 1. The molecular weight excluding hydrogens is 302 g/mol. The average Bonchev–Trinajstić information content (AvgIpc) is 3.32. The molecule has 1 saturated carbocycles. The Kier molecular flexibility index (Phi) is 3.87. The SMILES string of the molecule is COC(=O)[C@H]1[C@H](c2ccccc2)N(Cc2ccccc2)OC12CC2. The van der Waals surface area contributed by atoms with E-state index in [1.807, 2.05) is 41.5 Å². The van der Waals surface area contributed by atoms with Gasteiger partial charge < -0.3 is 4.74 Å². The van der Waals surface area contributed by atoms with Crippen molar-refractivity contribution in [1.82, 2.24) is 5.06 Å². The van der Waals surface area contributed by atoms with Crippen LogP contribution in [0.3, 0.4) is 0 Å². The Morgan fingerprint density at radius 3 is 2.33 bits per heavy atom. The summed E-state index contributed by atoms with van der Waals surface area (Å²) in [5.74, 6) is -0.467. The summed E-state index contributed by atoms with van der Waals surface area (Å²) in [6.45, 7) is 0.648. The van der Waals surface area contributed by atoms with E-state index in [0.29, 0.717) is 6.54 Å². The van der Waals surface area contributed by atoms with E-state index in [-0.39, 0.29) is 23.5 Å².